The van der Waals surface area contributed by atoms with E-state index in [9.17, 15) is 9.59 Å². The van der Waals surface area contributed by atoms with E-state index in [-0.39, 0.29) is 5.92 Å². The highest BCUT2D eigenvalue weighted by Crippen LogP contribution is 2.07. The Morgan fingerprint density at radius 1 is 1.35 bits per heavy atom. The normalized spacial score (nSPS) is 13.8. The molecule has 0 aromatic heterocycles. The molecule has 0 fully saturated rings. The average Bonchev–Trinajstić information content (AvgIpc) is 2.41. The van der Waals surface area contributed by atoms with Gasteiger partial charge in [0.2, 0.25) is 0 Å². The molecule has 0 heterocycles. The lowest BCUT2D eigenvalue weighted by atomic mass is 9.99. The zero-order valence-corrected chi connectivity index (χ0v) is 12.8. The summed E-state index contributed by atoms with van der Waals surface area (Å²) in [5.74, 6) is -1.12. The Morgan fingerprint density at radius 3 is 2.50 bits per heavy atom. The Balaban J connectivity index is 3.99. The van der Waals surface area contributed by atoms with Gasteiger partial charge in [-0.1, -0.05) is 20.3 Å². The third-order valence-corrected chi connectivity index (χ3v) is 3.22. The third kappa shape index (κ3) is 7.96. The lowest BCUT2D eigenvalue weighted by Crippen LogP contribution is -2.50. The first kappa shape index (κ1) is 18.7. The fourth-order valence-electron chi connectivity index (χ4n) is 1.59. The van der Waals surface area contributed by atoms with Crippen molar-refractivity contribution < 1.29 is 19.4 Å². The Bertz CT molecular complexity index is 299. The molecule has 20 heavy (non-hydrogen) atoms. The molecule has 0 aromatic carbocycles. The first-order valence-electron chi connectivity index (χ1n) is 6.87. The summed E-state index contributed by atoms with van der Waals surface area (Å²) in [6, 6.07) is -1.30. The van der Waals surface area contributed by atoms with Crippen LogP contribution in [-0.2, 0) is 9.53 Å². The summed E-state index contributed by atoms with van der Waals surface area (Å²) >= 11 is 0. The van der Waals surface area contributed by atoms with Crippen LogP contribution in [0.15, 0.2) is 0 Å². The quantitative estimate of drug-likeness (QED) is 0.540. The van der Waals surface area contributed by atoms with Gasteiger partial charge in [-0.05, 0) is 13.0 Å². The Kier molecular flexibility index (Phi) is 9.75. The van der Waals surface area contributed by atoms with E-state index >= 15 is 0 Å². The number of amides is 2. The number of nitrogens with zero attached hydrogens (tertiary/aromatic N) is 1. The number of likely N-dealkylation sites (N-methyl/N-ethyl adjacent to an activating group) is 1. The maximum atomic E-state index is 11.6. The molecule has 7 heteroatoms. The van der Waals surface area contributed by atoms with Crippen LogP contribution >= 0.6 is 0 Å². The number of carbonyl (C=O) groups is 2. The van der Waals surface area contributed by atoms with Crippen LogP contribution in [0, 0.1) is 5.92 Å². The molecule has 7 nitrogen and oxygen atoms in total. The molecule has 0 bridgehead atoms. The molecule has 0 aliphatic carbocycles. The summed E-state index contributed by atoms with van der Waals surface area (Å²) < 4.78 is 4.95. The van der Waals surface area contributed by atoms with E-state index in [4.69, 9.17) is 9.84 Å². The van der Waals surface area contributed by atoms with Crippen LogP contribution < -0.4 is 10.6 Å². The Morgan fingerprint density at radius 2 is 2.00 bits per heavy atom. The first-order chi connectivity index (χ1) is 9.42. The minimum Gasteiger partial charge on any atom is -0.480 e. The standard InChI is InChI=1S/C13H27N3O4/c1-5-10(2)11(12(17)18)15-13(19)14-6-7-16(3)8-9-20-4/h10-11H,5-9H2,1-4H3,(H,17,18)(H2,14,15,19)/t10-,11-/m0/s1. The Labute approximate surface area is 120 Å². The molecule has 0 saturated heterocycles. The molecule has 0 unspecified atom stereocenters. The van der Waals surface area contributed by atoms with Gasteiger partial charge in [-0.15, -0.1) is 0 Å². The number of hydrogen-bond acceptors (Lipinski definition) is 4. The molecule has 0 radical (unpaired) electrons. The summed E-state index contributed by atoms with van der Waals surface area (Å²) in [5, 5.41) is 14.2. The minimum absolute atomic E-state index is 0.109. The second kappa shape index (κ2) is 10.4. The van der Waals surface area contributed by atoms with Gasteiger partial charge in [0.15, 0.2) is 0 Å². The number of urea groups is 1. The van der Waals surface area contributed by atoms with Crippen LogP contribution in [0.1, 0.15) is 20.3 Å². The molecule has 2 amide bonds. The first-order valence-corrected chi connectivity index (χ1v) is 6.87. The number of aliphatic carboxylic acids is 1. The van der Waals surface area contributed by atoms with Crippen molar-refractivity contribution >= 4 is 12.0 Å². The molecule has 2 atom stereocenters. The van der Waals surface area contributed by atoms with E-state index < -0.39 is 18.0 Å². The largest absolute Gasteiger partial charge is 0.480 e. The molecule has 3 N–H and O–H groups in total. The second-order valence-corrected chi connectivity index (χ2v) is 4.90. The van der Waals surface area contributed by atoms with Crippen molar-refractivity contribution in [3.63, 3.8) is 0 Å². The van der Waals surface area contributed by atoms with Gasteiger partial charge >= 0.3 is 12.0 Å². The van der Waals surface area contributed by atoms with Crippen molar-refractivity contribution in [3.05, 3.63) is 0 Å². The molecular formula is C13H27N3O4. The monoisotopic (exact) mass is 289 g/mol. The maximum absolute atomic E-state index is 11.6. The highest BCUT2D eigenvalue weighted by atomic mass is 16.5. The molecule has 0 aliphatic rings. The number of carbonyl (C=O) groups excluding carboxylic acids is 1. The highest BCUT2D eigenvalue weighted by molar-refractivity contribution is 5.82. The van der Waals surface area contributed by atoms with Gasteiger partial charge in [-0.25, -0.2) is 9.59 Å². The molecule has 118 valence electrons. The van der Waals surface area contributed by atoms with E-state index in [2.05, 4.69) is 10.6 Å². The zero-order chi connectivity index (χ0) is 15.5. The summed E-state index contributed by atoms with van der Waals surface area (Å²) in [7, 11) is 3.57. The van der Waals surface area contributed by atoms with Crippen LogP contribution in [0.4, 0.5) is 4.79 Å². The summed E-state index contributed by atoms with van der Waals surface area (Å²) in [6.07, 6.45) is 0.691. The third-order valence-electron chi connectivity index (χ3n) is 3.22. The van der Waals surface area contributed by atoms with Crippen LogP contribution in [0.5, 0.6) is 0 Å². The fourth-order valence-corrected chi connectivity index (χ4v) is 1.59. The predicted molar refractivity (Wildman–Crippen MR) is 76.8 cm³/mol. The highest BCUT2D eigenvalue weighted by Gasteiger charge is 2.24. The number of hydrogen-bond donors (Lipinski definition) is 3. The van der Waals surface area contributed by atoms with Gasteiger partial charge in [0.25, 0.3) is 0 Å². The number of nitrogens with one attached hydrogen (secondary N) is 2. The van der Waals surface area contributed by atoms with E-state index in [1.807, 2.05) is 18.9 Å². The maximum Gasteiger partial charge on any atom is 0.326 e. The number of ether oxygens (including phenoxy) is 1. The van der Waals surface area contributed by atoms with Crippen LogP contribution in [0.3, 0.4) is 0 Å². The van der Waals surface area contributed by atoms with Gasteiger partial charge in [0, 0.05) is 26.7 Å². The van der Waals surface area contributed by atoms with E-state index in [0.717, 1.165) is 6.54 Å². The van der Waals surface area contributed by atoms with Crippen molar-refractivity contribution in [1.82, 2.24) is 15.5 Å². The number of carboxylic acid groups (broad SMARTS) is 1. The molecule has 0 rings (SSSR count). The predicted octanol–water partition coefficient (Wildman–Crippen LogP) is 0.363. The SMILES string of the molecule is CC[C@H](C)[C@H](NC(=O)NCCN(C)CCOC)C(=O)O. The topological polar surface area (TPSA) is 90.9 Å². The van der Waals surface area contributed by atoms with Crippen LogP contribution in [0.25, 0.3) is 0 Å². The van der Waals surface area contributed by atoms with Crippen molar-refractivity contribution in [3.8, 4) is 0 Å². The van der Waals surface area contributed by atoms with Gasteiger partial charge in [0.1, 0.15) is 6.04 Å². The van der Waals surface area contributed by atoms with Gasteiger partial charge in [-0.2, -0.15) is 0 Å². The lowest BCUT2D eigenvalue weighted by Gasteiger charge is -2.21. The smallest absolute Gasteiger partial charge is 0.326 e. The fraction of sp³-hybridized carbons (Fsp3) is 0.846. The minimum atomic E-state index is -1.01. The molecule has 0 spiro atoms. The van der Waals surface area contributed by atoms with Crippen molar-refractivity contribution in [2.75, 3.05) is 40.4 Å². The van der Waals surface area contributed by atoms with Gasteiger partial charge in [0.05, 0.1) is 6.61 Å². The summed E-state index contributed by atoms with van der Waals surface area (Å²) in [5.41, 5.74) is 0. The van der Waals surface area contributed by atoms with Crippen molar-refractivity contribution in [2.24, 2.45) is 5.92 Å². The second-order valence-electron chi connectivity index (χ2n) is 4.90. The van der Waals surface area contributed by atoms with Crippen molar-refractivity contribution in [1.29, 1.82) is 0 Å². The van der Waals surface area contributed by atoms with Crippen LogP contribution in [-0.4, -0.2) is 68.4 Å². The van der Waals surface area contributed by atoms with Gasteiger partial charge < -0.3 is 25.4 Å². The molecule has 0 aromatic rings. The number of carboxylic acids is 1. The lowest BCUT2D eigenvalue weighted by molar-refractivity contribution is -0.140. The average molecular weight is 289 g/mol. The van der Waals surface area contributed by atoms with E-state index in [1.165, 1.54) is 0 Å². The van der Waals surface area contributed by atoms with Gasteiger partial charge in [-0.3, -0.25) is 0 Å². The molecule has 0 aliphatic heterocycles. The zero-order valence-electron chi connectivity index (χ0n) is 12.8. The van der Waals surface area contributed by atoms with E-state index in [0.29, 0.717) is 26.1 Å². The molecule has 0 saturated carbocycles. The van der Waals surface area contributed by atoms with E-state index in [1.54, 1.807) is 14.0 Å². The van der Waals surface area contributed by atoms with Crippen LogP contribution in [0.2, 0.25) is 0 Å². The Hall–Kier alpha value is -1.34. The summed E-state index contributed by atoms with van der Waals surface area (Å²) in [6.45, 7) is 6.25. The number of methoxy groups -OCH3 is 1. The van der Waals surface area contributed by atoms with Crippen molar-refractivity contribution in [2.45, 2.75) is 26.3 Å². The summed E-state index contributed by atoms with van der Waals surface area (Å²) in [4.78, 5) is 24.7. The molecular weight excluding hydrogens is 262 g/mol. The number of rotatable bonds is 10.